The van der Waals surface area contributed by atoms with E-state index in [0.717, 1.165) is 21.3 Å². The van der Waals surface area contributed by atoms with Crippen molar-refractivity contribution in [3.8, 4) is 0 Å². The zero-order valence-electron chi connectivity index (χ0n) is 10.9. The molecule has 0 spiro atoms. The maximum atomic E-state index is 13.3. The van der Waals surface area contributed by atoms with Gasteiger partial charge in [0.25, 0.3) is 5.91 Å². The first-order chi connectivity index (χ1) is 9.54. The van der Waals surface area contributed by atoms with Gasteiger partial charge in [0.2, 0.25) is 0 Å². The lowest BCUT2D eigenvalue weighted by molar-refractivity contribution is 0.103. The zero-order chi connectivity index (χ0) is 14.3. The molecule has 0 aliphatic heterocycles. The highest BCUT2D eigenvalue weighted by Crippen LogP contribution is 2.32. The van der Waals surface area contributed by atoms with Crippen LogP contribution in [0.15, 0.2) is 23.6 Å². The lowest BCUT2D eigenvalue weighted by Gasteiger charge is -2.00. The van der Waals surface area contributed by atoms with Crippen molar-refractivity contribution in [1.29, 1.82) is 0 Å². The molecule has 2 heterocycles. The maximum absolute atomic E-state index is 13.3. The number of nitrogens with zero attached hydrogens (tertiary/aromatic N) is 1. The summed E-state index contributed by atoms with van der Waals surface area (Å²) in [6, 6.07) is 4.57. The average molecular weight is 306 g/mol. The smallest absolute Gasteiger partial charge is 0.267 e. The molecule has 0 radical (unpaired) electrons. The van der Waals surface area contributed by atoms with Gasteiger partial charge in [-0.3, -0.25) is 10.1 Å². The van der Waals surface area contributed by atoms with Crippen molar-refractivity contribution in [1.82, 2.24) is 4.98 Å². The maximum Gasteiger partial charge on any atom is 0.267 e. The van der Waals surface area contributed by atoms with Gasteiger partial charge in [0.05, 0.1) is 10.6 Å². The molecular weight excluding hydrogens is 295 g/mol. The Hall–Kier alpha value is -1.79. The van der Waals surface area contributed by atoms with E-state index < -0.39 is 0 Å². The number of aryl methyl sites for hydroxylation is 2. The predicted octanol–water partition coefficient (Wildman–Crippen LogP) is 4.37. The number of halogens is 1. The molecule has 0 bridgehead atoms. The summed E-state index contributed by atoms with van der Waals surface area (Å²) >= 11 is 2.75. The average Bonchev–Trinajstić information content (AvgIpc) is 2.94. The molecule has 0 atom stereocenters. The second-order valence-corrected chi connectivity index (χ2v) is 6.36. The topological polar surface area (TPSA) is 42.0 Å². The fraction of sp³-hybridized carbons (Fsp3) is 0.143. The SMILES string of the molecule is Cc1csc(NC(=O)c2sc3ccc(F)cc3c2C)n1. The molecule has 3 aromatic rings. The van der Waals surface area contributed by atoms with Crippen LogP contribution >= 0.6 is 22.7 Å². The van der Waals surface area contributed by atoms with E-state index in [1.165, 1.54) is 34.8 Å². The van der Waals surface area contributed by atoms with Crippen LogP contribution in [-0.4, -0.2) is 10.9 Å². The zero-order valence-corrected chi connectivity index (χ0v) is 12.5. The highest BCUT2D eigenvalue weighted by Gasteiger charge is 2.16. The molecular formula is C14H11FN2OS2. The van der Waals surface area contributed by atoms with Crippen molar-refractivity contribution >= 4 is 43.8 Å². The van der Waals surface area contributed by atoms with E-state index in [4.69, 9.17) is 0 Å². The van der Waals surface area contributed by atoms with E-state index in [2.05, 4.69) is 10.3 Å². The molecule has 0 saturated carbocycles. The van der Waals surface area contributed by atoms with Crippen molar-refractivity contribution in [2.24, 2.45) is 0 Å². The van der Waals surface area contributed by atoms with Crippen LogP contribution < -0.4 is 5.32 Å². The summed E-state index contributed by atoms with van der Waals surface area (Å²) in [7, 11) is 0. The molecule has 1 aromatic carbocycles. The number of fused-ring (bicyclic) bond motifs is 1. The Morgan fingerprint density at radius 2 is 2.15 bits per heavy atom. The number of thiophene rings is 1. The van der Waals surface area contributed by atoms with Crippen LogP contribution in [0.1, 0.15) is 20.9 Å². The quantitative estimate of drug-likeness (QED) is 0.764. The molecule has 102 valence electrons. The van der Waals surface area contributed by atoms with Crippen LogP contribution in [0.25, 0.3) is 10.1 Å². The molecule has 3 rings (SSSR count). The third-order valence-corrected chi connectivity index (χ3v) is 5.09. The van der Waals surface area contributed by atoms with Gasteiger partial charge in [-0.25, -0.2) is 9.37 Å². The van der Waals surface area contributed by atoms with Gasteiger partial charge >= 0.3 is 0 Å². The van der Waals surface area contributed by atoms with Gasteiger partial charge in [-0.2, -0.15) is 0 Å². The van der Waals surface area contributed by atoms with Crippen LogP contribution in [0.2, 0.25) is 0 Å². The van der Waals surface area contributed by atoms with Crippen LogP contribution in [0.4, 0.5) is 9.52 Å². The predicted molar refractivity (Wildman–Crippen MR) is 81.3 cm³/mol. The minimum Gasteiger partial charge on any atom is -0.297 e. The number of hydrogen-bond acceptors (Lipinski definition) is 4. The summed E-state index contributed by atoms with van der Waals surface area (Å²) in [5.41, 5.74) is 1.68. The summed E-state index contributed by atoms with van der Waals surface area (Å²) in [4.78, 5) is 17.1. The minimum atomic E-state index is -0.291. The Kier molecular flexibility index (Phi) is 3.27. The number of rotatable bonds is 2. The Balaban J connectivity index is 1.97. The summed E-state index contributed by atoms with van der Waals surface area (Å²) in [6.45, 7) is 3.71. The van der Waals surface area contributed by atoms with Crippen molar-refractivity contribution < 1.29 is 9.18 Å². The molecule has 0 saturated heterocycles. The number of anilines is 1. The highest BCUT2D eigenvalue weighted by molar-refractivity contribution is 7.21. The van der Waals surface area contributed by atoms with Gasteiger partial charge in [0.15, 0.2) is 5.13 Å². The molecule has 2 aromatic heterocycles. The van der Waals surface area contributed by atoms with Crippen molar-refractivity contribution in [2.75, 3.05) is 5.32 Å². The van der Waals surface area contributed by atoms with E-state index >= 15 is 0 Å². The summed E-state index contributed by atoms with van der Waals surface area (Å²) < 4.78 is 14.2. The molecule has 0 unspecified atom stereocenters. The van der Waals surface area contributed by atoms with E-state index in [0.29, 0.717) is 10.0 Å². The molecule has 6 heteroatoms. The fourth-order valence-electron chi connectivity index (χ4n) is 1.97. The first-order valence-electron chi connectivity index (χ1n) is 5.97. The number of aromatic nitrogens is 1. The van der Waals surface area contributed by atoms with Crippen LogP contribution in [0.3, 0.4) is 0 Å². The summed E-state index contributed by atoms with van der Waals surface area (Å²) in [5, 5.41) is 6.02. The Bertz CT molecular complexity index is 807. The highest BCUT2D eigenvalue weighted by atomic mass is 32.1. The lowest BCUT2D eigenvalue weighted by atomic mass is 10.1. The van der Waals surface area contributed by atoms with Gasteiger partial charge in [0, 0.05) is 10.1 Å². The summed E-state index contributed by atoms with van der Waals surface area (Å²) in [5.74, 6) is -0.487. The number of nitrogens with one attached hydrogen (secondary N) is 1. The second kappa shape index (κ2) is 4.96. The molecule has 1 amide bonds. The van der Waals surface area contributed by atoms with E-state index in [1.54, 1.807) is 6.07 Å². The number of carbonyl (C=O) groups excluding carboxylic acids is 1. The van der Waals surface area contributed by atoms with Gasteiger partial charge in [0.1, 0.15) is 5.82 Å². The first-order valence-corrected chi connectivity index (χ1v) is 7.66. The molecule has 0 fully saturated rings. The van der Waals surface area contributed by atoms with E-state index in [9.17, 15) is 9.18 Å². The third-order valence-electron chi connectivity index (χ3n) is 2.94. The van der Waals surface area contributed by atoms with Crippen molar-refractivity contribution in [3.63, 3.8) is 0 Å². The standard InChI is InChI=1S/C14H11FN2OS2/c1-7-6-19-14(16-7)17-13(18)12-8(2)10-5-9(15)3-4-11(10)20-12/h3-6H,1-2H3,(H,16,17,18). The number of benzene rings is 1. The van der Waals surface area contributed by atoms with Gasteiger partial charge < -0.3 is 0 Å². The number of thiazole rings is 1. The minimum absolute atomic E-state index is 0.196. The largest absolute Gasteiger partial charge is 0.297 e. The first kappa shape index (κ1) is 13.2. The normalized spacial score (nSPS) is 10.9. The van der Waals surface area contributed by atoms with Crippen LogP contribution in [0, 0.1) is 19.7 Å². The Morgan fingerprint density at radius 1 is 1.35 bits per heavy atom. The van der Waals surface area contributed by atoms with E-state index in [-0.39, 0.29) is 11.7 Å². The number of hydrogen-bond donors (Lipinski definition) is 1. The Labute approximate surface area is 123 Å². The fourth-order valence-corrected chi connectivity index (χ4v) is 3.74. The number of amides is 1. The van der Waals surface area contributed by atoms with Gasteiger partial charge in [-0.15, -0.1) is 22.7 Å². The number of carbonyl (C=O) groups is 1. The van der Waals surface area contributed by atoms with Crippen molar-refractivity contribution in [3.05, 3.63) is 45.5 Å². The van der Waals surface area contributed by atoms with Crippen LogP contribution in [0.5, 0.6) is 0 Å². The molecule has 20 heavy (non-hydrogen) atoms. The molecule has 1 N–H and O–H groups in total. The third kappa shape index (κ3) is 2.32. The lowest BCUT2D eigenvalue weighted by Crippen LogP contribution is -2.11. The second-order valence-electron chi connectivity index (χ2n) is 4.44. The molecule has 0 aliphatic rings. The molecule has 3 nitrogen and oxygen atoms in total. The Morgan fingerprint density at radius 3 is 2.85 bits per heavy atom. The van der Waals surface area contributed by atoms with E-state index in [1.807, 2.05) is 19.2 Å². The van der Waals surface area contributed by atoms with Crippen molar-refractivity contribution in [2.45, 2.75) is 13.8 Å². The van der Waals surface area contributed by atoms with Crippen LogP contribution in [-0.2, 0) is 0 Å². The molecule has 0 aliphatic carbocycles. The summed E-state index contributed by atoms with van der Waals surface area (Å²) in [6.07, 6.45) is 0. The van der Waals surface area contributed by atoms with Gasteiger partial charge in [-0.05, 0) is 43.0 Å². The van der Waals surface area contributed by atoms with Gasteiger partial charge in [-0.1, -0.05) is 0 Å². The monoisotopic (exact) mass is 306 g/mol.